The number of hydrogen-bond donors (Lipinski definition) is 1. The highest BCUT2D eigenvalue weighted by atomic mass is 16.1. The number of ketones is 1. The number of hydrogen-bond acceptors (Lipinski definition) is 1. The first-order chi connectivity index (χ1) is 11.3. The molecular weight excluding hydrogens is 282 g/mol. The molecule has 3 aromatic carbocycles. The van der Waals surface area contributed by atoms with Gasteiger partial charge < -0.3 is 4.98 Å². The third-order valence-corrected chi connectivity index (χ3v) is 4.06. The van der Waals surface area contributed by atoms with Gasteiger partial charge in [0.2, 0.25) is 0 Å². The minimum Gasteiger partial charge on any atom is -0.360 e. The molecule has 0 spiro atoms. The Morgan fingerprint density at radius 1 is 0.783 bits per heavy atom. The maximum Gasteiger partial charge on any atom is 0.195 e. The van der Waals surface area contributed by atoms with Crippen LogP contribution >= 0.6 is 0 Å². The molecule has 1 aromatic heterocycles. The van der Waals surface area contributed by atoms with Gasteiger partial charge in [0, 0.05) is 23.0 Å². The van der Waals surface area contributed by atoms with Crippen molar-refractivity contribution in [3.8, 4) is 11.3 Å². The van der Waals surface area contributed by atoms with Crippen LogP contribution in [0.1, 0.15) is 15.9 Å². The van der Waals surface area contributed by atoms with Gasteiger partial charge in [0.1, 0.15) is 0 Å². The lowest BCUT2D eigenvalue weighted by Crippen LogP contribution is -2.00. The van der Waals surface area contributed by atoms with Gasteiger partial charge in [-0.25, -0.2) is 0 Å². The molecule has 0 amide bonds. The lowest BCUT2D eigenvalue weighted by Gasteiger charge is -2.04. The molecule has 110 valence electrons. The van der Waals surface area contributed by atoms with Gasteiger partial charge in [0.25, 0.3) is 0 Å². The number of rotatable bonds is 3. The van der Waals surface area contributed by atoms with Gasteiger partial charge in [-0.1, -0.05) is 72.8 Å². The molecule has 0 atom stereocenters. The van der Waals surface area contributed by atoms with Crippen LogP contribution in [0.25, 0.3) is 22.0 Å². The first kappa shape index (κ1) is 13.5. The Hall–Kier alpha value is -3.13. The molecule has 0 aliphatic rings. The molecule has 0 aliphatic heterocycles. The molecule has 0 fully saturated rings. The highest BCUT2D eigenvalue weighted by Gasteiger charge is 2.14. The smallest absolute Gasteiger partial charge is 0.195 e. The Morgan fingerprint density at radius 2 is 1.52 bits per heavy atom. The topological polar surface area (TPSA) is 32.9 Å². The molecule has 0 bridgehead atoms. The van der Waals surface area contributed by atoms with E-state index in [1.807, 2.05) is 78.9 Å². The van der Waals surface area contributed by atoms with Gasteiger partial charge in [-0.05, 0) is 22.4 Å². The van der Waals surface area contributed by atoms with E-state index < -0.39 is 0 Å². The monoisotopic (exact) mass is 297 g/mol. The fourth-order valence-corrected chi connectivity index (χ4v) is 2.89. The van der Waals surface area contributed by atoms with E-state index in [-0.39, 0.29) is 5.78 Å². The van der Waals surface area contributed by atoms with Gasteiger partial charge in [-0.3, -0.25) is 4.79 Å². The Balaban J connectivity index is 1.76. The normalized spacial score (nSPS) is 10.8. The second-order valence-corrected chi connectivity index (χ2v) is 5.52. The van der Waals surface area contributed by atoms with Crippen LogP contribution in [0.2, 0.25) is 0 Å². The van der Waals surface area contributed by atoms with E-state index in [0.29, 0.717) is 5.56 Å². The highest BCUT2D eigenvalue weighted by molar-refractivity contribution is 6.16. The molecule has 0 unspecified atom stereocenters. The van der Waals surface area contributed by atoms with Crippen LogP contribution in [0.15, 0.2) is 85.1 Å². The largest absolute Gasteiger partial charge is 0.360 e. The summed E-state index contributed by atoms with van der Waals surface area (Å²) < 4.78 is 0. The summed E-state index contributed by atoms with van der Waals surface area (Å²) in [5.41, 5.74) is 3.44. The number of nitrogens with one attached hydrogen (secondary N) is 1. The molecule has 0 saturated carbocycles. The Labute approximate surface area is 134 Å². The first-order valence-electron chi connectivity index (χ1n) is 7.59. The molecule has 1 N–H and O–H groups in total. The van der Waals surface area contributed by atoms with Gasteiger partial charge in [-0.2, -0.15) is 0 Å². The van der Waals surface area contributed by atoms with Crippen LogP contribution in [-0.2, 0) is 0 Å². The van der Waals surface area contributed by atoms with Crippen molar-refractivity contribution in [1.82, 2.24) is 4.98 Å². The van der Waals surface area contributed by atoms with Gasteiger partial charge in [0.15, 0.2) is 5.78 Å². The number of H-pyrrole nitrogens is 1. The maximum absolute atomic E-state index is 12.9. The minimum atomic E-state index is 0.0419. The van der Waals surface area contributed by atoms with E-state index in [4.69, 9.17) is 0 Å². The molecule has 4 aromatic rings. The molecule has 0 aliphatic carbocycles. The van der Waals surface area contributed by atoms with Crippen LogP contribution in [0.4, 0.5) is 0 Å². The summed E-state index contributed by atoms with van der Waals surface area (Å²) in [5, 5.41) is 2.07. The highest BCUT2D eigenvalue weighted by Crippen LogP contribution is 2.24. The van der Waals surface area contributed by atoms with Crippen molar-refractivity contribution < 1.29 is 4.79 Å². The molecule has 2 nitrogen and oxygen atoms in total. The second kappa shape index (κ2) is 5.58. The van der Waals surface area contributed by atoms with Crippen LogP contribution in [-0.4, -0.2) is 10.8 Å². The summed E-state index contributed by atoms with van der Waals surface area (Å²) in [7, 11) is 0. The standard InChI is InChI=1S/C21H15NO/c23-21(19-12-6-10-15-7-4-5-11-18(15)19)17-13-20(22-14-17)16-8-2-1-3-9-16/h1-14,22H. The van der Waals surface area contributed by atoms with Crippen molar-refractivity contribution in [3.63, 3.8) is 0 Å². The van der Waals surface area contributed by atoms with Crippen molar-refractivity contribution in [3.05, 3.63) is 96.2 Å². The maximum atomic E-state index is 12.9. The van der Waals surface area contributed by atoms with Gasteiger partial charge >= 0.3 is 0 Å². The Kier molecular flexibility index (Phi) is 3.28. The summed E-state index contributed by atoms with van der Waals surface area (Å²) >= 11 is 0. The fourth-order valence-electron chi connectivity index (χ4n) is 2.89. The first-order valence-corrected chi connectivity index (χ1v) is 7.59. The summed E-state index contributed by atoms with van der Waals surface area (Å²) in [6.45, 7) is 0. The Morgan fingerprint density at radius 3 is 2.39 bits per heavy atom. The number of aromatic nitrogens is 1. The lowest BCUT2D eigenvalue weighted by molar-refractivity contribution is 0.104. The van der Waals surface area contributed by atoms with E-state index >= 15 is 0 Å². The van der Waals surface area contributed by atoms with E-state index in [1.165, 1.54) is 0 Å². The Bertz CT molecular complexity index is 978. The van der Waals surface area contributed by atoms with Crippen molar-refractivity contribution in [2.24, 2.45) is 0 Å². The minimum absolute atomic E-state index is 0.0419. The van der Waals surface area contributed by atoms with Crippen LogP contribution in [0, 0.1) is 0 Å². The van der Waals surface area contributed by atoms with Crippen LogP contribution in [0.5, 0.6) is 0 Å². The molecule has 2 heteroatoms. The lowest BCUT2D eigenvalue weighted by atomic mass is 9.98. The zero-order valence-electron chi connectivity index (χ0n) is 12.5. The van der Waals surface area contributed by atoms with E-state index in [2.05, 4.69) is 4.98 Å². The summed E-state index contributed by atoms with van der Waals surface area (Å²) in [5.74, 6) is 0.0419. The molecule has 0 radical (unpaired) electrons. The second-order valence-electron chi connectivity index (χ2n) is 5.52. The van der Waals surface area contributed by atoms with Crippen LogP contribution < -0.4 is 0 Å². The van der Waals surface area contributed by atoms with Crippen molar-refractivity contribution in [2.45, 2.75) is 0 Å². The third kappa shape index (κ3) is 2.44. The number of carbonyl (C=O) groups is 1. The van der Waals surface area contributed by atoms with E-state index in [0.717, 1.165) is 27.6 Å². The van der Waals surface area contributed by atoms with Gasteiger partial charge in [-0.15, -0.1) is 0 Å². The molecule has 1 heterocycles. The average molecular weight is 297 g/mol. The molecule has 4 rings (SSSR count). The molecule has 23 heavy (non-hydrogen) atoms. The number of aromatic amines is 1. The SMILES string of the molecule is O=C(c1c[nH]c(-c2ccccc2)c1)c1cccc2ccccc12. The van der Waals surface area contributed by atoms with Crippen molar-refractivity contribution in [1.29, 1.82) is 0 Å². The quantitative estimate of drug-likeness (QED) is 0.526. The van der Waals surface area contributed by atoms with E-state index in [1.54, 1.807) is 6.20 Å². The number of fused-ring (bicyclic) bond motifs is 1. The fraction of sp³-hybridized carbons (Fsp3) is 0. The predicted molar refractivity (Wildman–Crippen MR) is 93.6 cm³/mol. The summed E-state index contributed by atoms with van der Waals surface area (Å²) in [6.07, 6.45) is 1.78. The zero-order valence-corrected chi connectivity index (χ0v) is 12.5. The predicted octanol–water partition coefficient (Wildman–Crippen LogP) is 5.07. The number of carbonyl (C=O) groups excluding carboxylic acids is 1. The zero-order chi connectivity index (χ0) is 15.6. The van der Waals surface area contributed by atoms with E-state index in [9.17, 15) is 4.79 Å². The summed E-state index contributed by atoms with van der Waals surface area (Å²) in [4.78, 5) is 16.1. The summed E-state index contributed by atoms with van der Waals surface area (Å²) in [6, 6.07) is 25.7. The number of benzene rings is 3. The molecule has 0 saturated heterocycles. The van der Waals surface area contributed by atoms with Crippen LogP contribution in [0.3, 0.4) is 0 Å². The molecular formula is C21H15NO. The van der Waals surface area contributed by atoms with Crippen molar-refractivity contribution in [2.75, 3.05) is 0 Å². The average Bonchev–Trinajstić information content (AvgIpc) is 3.11. The third-order valence-electron chi connectivity index (χ3n) is 4.06. The van der Waals surface area contributed by atoms with Gasteiger partial charge in [0.05, 0.1) is 0 Å². The van der Waals surface area contributed by atoms with Crippen molar-refractivity contribution >= 4 is 16.6 Å².